The van der Waals surface area contributed by atoms with E-state index in [1.807, 2.05) is 18.2 Å². The van der Waals surface area contributed by atoms with E-state index in [2.05, 4.69) is 38.1 Å². The summed E-state index contributed by atoms with van der Waals surface area (Å²) in [6, 6.07) is 18.2. The standard InChI is InChI=1S/C23H26N6O3/c24-12-10-21(30)25-19-8-6-18(7-9-19)23(32)27-26-22(31)11-13-28-14-16-29(17-15-28)20-4-2-1-3-5-20/h1-9H,10-11,13-17H2,(H,25,30)(H,26,31)(H,27,32). The van der Waals surface area contributed by atoms with Crippen molar-refractivity contribution in [2.24, 2.45) is 0 Å². The van der Waals surface area contributed by atoms with Gasteiger partial charge >= 0.3 is 0 Å². The predicted octanol–water partition coefficient (Wildman–Crippen LogP) is 1.51. The fraction of sp³-hybridized carbons (Fsp3) is 0.304. The minimum atomic E-state index is -0.454. The summed E-state index contributed by atoms with van der Waals surface area (Å²) in [6.45, 7) is 4.21. The number of nitrogens with zero attached hydrogens (tertiary/aromatic N) is 3. The van der Waals surface area contributed by atoms with Gasteiger partial charge in [0.25, 0.3) is 5.91 Å². The van der Waals surface area contributed by atoms with Crippen LogP contribution >= 0.6 is 0 Å². The van der Waals surface area contributed by atoms with Crippen molar-refractivity contribution in [3.05, 3.63) is 60.2 Å². The highest BCUT2D eigenvalue weighted by atomic mass is 16.2. The average molecular weight is 435 g/mol. The van der Waals surface area contributed by atoms with Crippen LogP contribution in [0.3, 0.4) is 0 Å². The number of rotatable bonds is 7. The third kappa shape index (κ3) is 6.82. The van der Waals surface area contributed by atoms with Gasteiger partial charge in [-0.2, -0.15) is 5.26 Å². The van der Waals surface area contributed by atoms with Crippen LogP contribution in [0.1, 0.15) is 23.2 Å². The number of benzene rings is 2. The molecule has 9 nitrogen and oxygen atoms in total. The third-order valence-electron chi connectivity index (χ3n) is 5.13. The topological polar surface area (TPSA) is 118 Å². The number of hydrazine groups is 1. The van der Waals surface area contributed by atoms with E-state index in [0.29, 0.717) is 17.8 Å². The average Bonchev–Trinajstić information content (AvgIpc) is 2.82. The number of nitriles is 1. The van der Waals surface area contributed by atoms with Gasteiger partial charge in [-0.3, -0.25) is 30.1 Å². The van der Waals surface area contributed by atoms with Crippen molar-refractivity contribution >= 4 is 29.1 Å². The van der Waals surface area contributed by atoms with Gasteiger partial charge in [0.05, 0.1) is 6.07 Å². The first-order valence-electron chi connectivity index (χ1n) is 10.4. The molecule has 3 rings (SSSR count). The van der Waals surface area contributed by atoms with Crippen molar-refractivity contribution in [1.82, 2.24) is 15.8 Å². The third-order valence-corrected chi connectivity index (χ3v) is 5.13. The molecule has 1 heterocycles. The van der Waals surface area contributed by atoms with Crippen LogP contribution in [0, 0.1) is 11.3 Å². The van der Waals surface area contributed by atoms with Crippen LogP contribution in [-0.4, -0.2) is 55.3 Å². The van der Waals surface area contributed by atoms with Crippen molar-refractivity contribution in [1.29, 1.82) is 5.26 Å². The lowest BCUT2D eigenvalue weighted by Gasteiger charge is -2.36. The molecule has 0 spiro atoms. The van der Waals surface area contributed by atoms with Crippen LogP contribution in [0.4, 0.5) is 11.4 Å². The van der Waals surface area contributed by atoms with Gasteiger partial charge in [-0.25, -0.2) is 0 Å². The Hall–Kier alpha value is -3.90. The Balaban J connectivity index is 1.35. The molecular formula is C23H26N6O3. The second-order valence-electron chi connectivity index (χ2n) is 7.38. The van der Waals surface area contributed by atoms with E-state index in [1.165, 1.54) is 17.8 Å². The first-order valence-corrected chi connectivity index (χ1v) is 10.4. The number of nitrogens with one attached hydrogen (secondary N) is 3. The maximum atomic E-state index is 12.2. The molecule has 32 heavy (non-hydrogen) atoms. The molecular weight excluding hydrogens is 408 g/mol. The first kappa shape index (κ1) is 22.8. The molecule has 0 saturated carbocycles. The number of amides is 3. The quantitative estimate of drug-likeness (QED) is 0.569. The molecule has 1 aliphatic heterocycles. The minimum absolute atomic E-state index is 0.239. The molecule has 2 aromatic carbocycles. The number of carbonyl (C=O) groups excluding carboxylic acids is 3. The van der Waals surface area contributed by atoms with Crippen LogP contribution < -0.4 is 21.1 Å². The number of anilines is 2. The molecule has 1 aliphatic rings. The molecule has 0 radical (unpaired) electrons. The smallest absolute Gasteiger partial charge is 0.269 e. The Morgan fingerprint density at radius 2 is 1.56 bits per heavy atom. The molecule has 3 amide bonds. The Morgan fingerprint density at radius 3 is 2.22 bits per heavy atom. The molecule has 0 aliphatic carbocycles. The number of para-hydroxylation sites is 1. The van der Waals surface area contributed by atoms with Gasteiger partial charge in [0.1, 0.15) is 6.42 Å². The Labute approximate surface area is 187 Å². The highest BCUT2D eigenvalue weighted by Crippen LogP contribution is 2.15. The van der Waals surface area contributed by atoms with Gasteiger partial charge in [-0.1, -0.05) is 18.2 Å². The maximum Gasteiger partial charge on any atom is 0.269 e. The number of piperazine rings is 1. The normalized spacial score (nSPS) is 13.7. The lowest BCUT2D eigenvalue weighted by molar-refractivity contribution is -0.122. The van der Waals surface area contributed by atoms with Crippen LogP contribution in [0.2, 0.25) is 0 Å². The van der Waals surface area contributed by atoms with Crippen molar-refractivity contribution in [2.75, 3.05) is 42.9 Å². The molecule has 1 saturated heterocycles. The zero-order valence-electron chi connectivity index (χ0n) is 17.7. The molecule has 0 bridgehead atoms. The maximum absolute atomic E-state index is 12.2. The van der Waals surface area contributed by atoms with Crippen molar-refractivity contribution in [3.63, 3.8) is 0 Å². The van der Waals surface area contributed by atoms with Gasteiger partial charge < -0.3 is 10.2 Å². The highest BCUT2D eigenvalue weighted by Gasteiger charge is 2.18. The summed E-state index contributed by atoms with van der Waals surface area (Å²) >= 11 is 0. The lowest BCUT2D eigenvalue weighted by atomic mass is 10.2. The van der Waals surface area contributed by atoms with E-state index in [4.69, 9.17) is 5.26 Å². The van der Waals surface area contributed by atoms with E-state index in [-0.39, 0.29) is 18.7 Å². The van der Waals surface area contributed by atoms with E-state index in [1.54, 1.807) is 18.2 Å². The largest absolute Gasteiger partial charge is 0.369 e. The van der Waals surface area contributed by atoms with Crippen LogP contribution in [0.15, 0.2) is 54.6 Å². The van der Waals surface area contributed by atoms with Gasteiger partial charge in [0.15, 0.2) is 0 Å². The molecule has 0 unspecified atom stereocenters. The van der Waals surface area contributed by atoms with E-state index < -0.39 is 11.8 Å². The van der Waals surface area contributed by atoms with Crippen LogP contribution in [-0.2, 0) is 9.59 Å². The fourth-order valence-electron chi connectivity index (χ4n) is 3.37. The summed E-state index contributed by atoms with van der Waals surface area (Å²) in [5, 5.41) is 11.0. The summed E-state index contributed by atoms with van der Waals surface area (Å²) in [6.07, 6.45) is 0.0481. The molecule has 3 N–H and O–H groups in total. The Kier molecular flexibility index (Phi) is 8.17. The van der Waals surface area contributed by atoms with E-state index in [9.17, 15) is 14.4 Å². The molecule has 0 atom stereocenters. The van der Waals surface area contributed by atoms with Crippen molar-refractivity contribution in [3.8, 4) is 6.07 Å². The summed E-state index contributed by atoms with van der Waals surface area (Å²) in [4.78, 5) is 40.3. The monoisotopic (exact) mass is 434 g/mol. The van der Waals surface area contributed by atoms with Crippen LogP contribution in [0.25, 0.3) is 0 Å². The fourth-order valence-corrected chi connectivity index (χ4v) is 3.37. The number of hydrogen-bond donors (Lipinski definition) is 3. The van der Waals surface area contributed by atoms with Gasteiger partial charge in [-0.05, 0) is 36.4 Å². The SMILES string of the molecule is N#CCC(=O)Nc1ccc(C(=O)NNC(=O)CCN2CCN(c3ccccc3)CC2)cc1. The lowest BCUT2D eigenvalue weighted by Crippen LogP contribution is -2.48. The van der Waals surface area contributed by atoms with Gasteiger partial charge in [0, 0.05) is 56.1 Å². The van der Waals surface area contributed by atoms with Gasteiger partial charge in [-0.15, -0.1) is 0 Å². The molecule has 0 aromatic heterocycles. The molecule has 2 aromatic rings. The summed E-state index contributed by atoms with van der Waals surface area (Å²) in [7, 11) is 0. The zero-order valence-corrected chi connectivity index (χ0v) is 17.7. The van der Waals surface area contributed by atoms with Crippen molar-refractivity contribution in [2.45, 2.75) is 12.8 Å². The zero-order chi connectivity index (χ0) is 22.8. The number of carbonyl (C=O) groups is 3. The second kappa shape index (κ2) is 11.5. The summed E-state index contributed by atoms with van der Waals surface area (Å²) in [5.74, 6) is -1.13. The molecule has 166 valence electrons. The van der Waals surface area contributed by atoms with E-state index >= 15 is 0 Å². The Morgan fingerprint density at radius 1 is 0.875 bits per heavy atom. The van der Waals surface area contributed by atoms with Crippen LogP contribution in [0.5, 0.6) is 0 Å². The summed E-state index contributed by atoms with van der Waals surface area (Å²) in [5.41, 5.74) is 6.87. The minimum Gasteiger partial charge on any atom is -0.369 e. The Bertz CT molecular complexity index is 963. The highest BCUT2D eigenvalue weighted by molar-refractivity contribution is 5.96. The number of hydrogen-bond acceptors (Lipinski definition) is 6. The first-order chi connectivity index (χ1) is 15.5. The molecule has 1 fully saturated rings. The molecule has 9 heteroatoms. The predicted molar refractivity (Wildman–Crippen MR) is 121 cm³/mol. The van der Waals surface area contributed by atoms with E-state index in [0.717, 1.165) is 26.2 Å². The second-order valence-corrected chi connectivity index (χ2v) is 7.38. The summed E-state index contributed by atoms with van der Waals surface area (Å²) < 4.78 is 0. The van der Waals surface area contributed by atoms with Gasteiger partial charge in [0.2, 0.25) is 11.8 Å². The van der Waals surface area contributed by atoms with Crippen molar-refractivity contribution < 1.29 is 14.4 Å².